The first-order chi connectivity index (χ1) is 13.4. The third-order valence-corrected chi connectivity index (χ3v) is 5.74. The summed E-state index contributed by atoms with van der Waals surface area (Å²) in [6, 6.07) is 13.7. The number of anilines is 1. The van der Waals surface area contributed by atoms with Gasteiger partial charge in [0, 0.05) is 58.7 Å². The highest BCUT2D eigenvalue weighted by Gasteiger charge is 2.25. The Labute approximate surface area is 166 Å². The van der Waals surface area contributed by atoms with E-state index in [-0.39, 0.29) is 6.03 Å². The fourth-order valence-corrected chi connectivity index (χ4v) is 4.64. The lowest BCUT2D eigenvalue weighted by Crippen LogP contribution is -2.56. The number of nitrogens with zero attached hydrogens (tertiary/aromatic N) is 2. The van der Waals surface area contributed by atoms with E-state index in [0.717, 1.165) is 24.3 Å². The highest BCUT2D eigenvalue weighted by Crippen LogP contribution is 2.36. The first-order valence-corrected chi connectivity index (χ1v) is 10.2. The van der Waals surface area contributed by atoms with Crippen molar-refractivity contribution in [2.45, 2.75) is 52.7 Å². The number of hydrogen-bond donors (Lipinski definition) is 2. The van der Waals surface area contributed by atoms with Gasteiger partial charge >= 0.3 is 6.03 Å². The molecule has 5 nitrogen and oxygen atoms in total. The molecule has 0 saturated carbocycles. The molecule has 148 valence electrons. The topological polar surface area (TPSA) is 49.3 Å². The van der Waals surface area contributed by atoms with Crippen LogP contribution >= 0.6 is 0 Å². The number of hydrogen-bond acceptors (Lipinski definition) is 2. The Balaban J connectivity index is 1.74. The van der Waals surface area contributed by atoms with Crippen LogP contribution in [0.15, 0.2) is 36.4 Å². The molecular weight excluding hydrogens is 348 g/mol. The first-order valence-electron chi connectivity index (χ1n) is 10.2. The van der Waals surface area contributed by atoms with Gasteiger partial charge in [-0.25, -0.2) is 4.79 Å². The van der Waals surface area contributed by atoms with Crippen molar-refractivity contribution in [3.63, 3.8) is 0 Å². The number of amides is 2. The van der Waals surface area contributed by atoms with Crippen LogP contribution in [0.5, 0.6) is 0 Å². The second-order valence-electron chi connectivity index (χ2n) is 8.42. The molecule has 28 heavy (non-hydrogen) atoms. The van der Waals surface area contributed by atoms with Gasteiger partial charge in [-0.2, -0.15) is 0 Å². The summed E-state index contributed by atoms with van der Waals surface area (Å²) in [5, 5.41) is 9.10. The third-order valence-electron chi connectivity index (χ3n) is 5.74. The van der Waals surface area contributed by atoms with Gasteiger partial charge in [-0.05, 0) is 58.4 Å². The quantitative estimate of drug-likeness (QED) is 0.666. The molecule has 2 heterocycles. The molecule has 2 N–H and O–H groups in total. The van der Waals surface area contributed by atoms with Crippen molar-refractivity contribution in [1.82, 2.24) is 14.8 Å². The summed E-state index contributed by atoms with van der Waals surface area (Å²) in [6.45, 7) is 12.2. The highest BCUT2D eigenvalue weighted by atomic mass is 16.2. The van der Waals surface area contributed by atoms with E-state index in [1.807, 2.05) is 11.0 Å². The lowest BCUT2D eigenvalue weighted by molar-refractivity contribution is 0.176. The molecule has 2 unspecified atom stereocenters. The van der Waals surface area contributed by atoms with Crippen LogP contribution < -0.4 is 10.6 Å². The second-order valence-corrected chi connectivity index (χ2v) is 8.42. The fourth-order valence-electron chi connectivity index (χ4n) is 4.64. The van der Waals surface area contributed by atoms with E-state index in [0.29, 0.717) is 18.1 Å². The molecule has 2 atom stereocenters. The lowest BCUT2D eigenvalue weighted by Gasteiger charge is -2.36. The number of piperazine rings is 1. The maximum absolute atomic E-state index is 12.9. The summed E-state index contributed by atoms with van der Waals surface area (Å²) in [6.07, 6.45) is 0. The van der Waals surface area contributed by atoms with E-state index in [2.05, 4.69) is 80.2 Å². The van der Waals surface area contributed by atoms with Gasteiger partial charge in [-0.15, -0.1) is 0 Å². The summed E-state index contributed by atoms with van der Waals surface area (Å²) in [7, 11) is 0. The lowest BCUT2D eigenvalue weighted by atomic mass is 10.1. The van der Waals surface area contributed by atoms with Crippen molar-refractivity contribution in [2.75, 3.05) is 18.4 Å². The molecule has 2 aromatic carbocycles. The van der Waals surface area contributed by atoms with Crippen LogP contribution in [0, 0.1) is 6.92 Å². The van der Waals surface area contributed by atoms with E-state index in [1.54, 1.807) is 0 Å². The summed E-state index contributed by atoms with van der Waals surface area (Å²) >= 11 is 0. The van der Waals surface area contributed by atoms with Crippen LogP contribution in [0.25, 0.3) is 21.8 Å². The van der Waals surface area contributed by atoms with E-state index in [4.69, 9.17) is 0 Å². The van der Waals surface area contributed by atoms with Crippen molar-refractivity contribution < 1.29 is 4.79 Å². The van der Waals surface area contributed by atoms with Gasteiger partial charge in [0.2, 0.25) is 0 Å². The predicted molar refractivity (Wildman–Crippen MR) is 117 cm³/mol. The number of aromatic nitrogens is 1. The zero-order valence-electron chi connectivity index (χ0n) is 17.4. The minimum Gasteiger partial charge on any atom is -0.338 e. The number of benzene rings is 2. The summed E-state index contributed by atoms with van der Waals surface area (Å²) in [5.74, 6) is 0. The summed E-state index contributed by atoms with van der Waals surface area (Å²) in [4.78, 5) is 14.8. The van der Waals surface area contributed by atoms with Crippen molar-refractivity contribution >= 4 is 33.5 Å². The molecule has 1 aromatic heterocycles. The number of aryl methyl sites for hydroxylation is 1. The zero-order valence-corrected chi connectivity index (χ0v) is 17.4. The number of nitrogens with one attached hydrogen (secondary N) is 2. The van der Waals surface area contributed by atoms with Crippen LogP contribution in [-0.4, -0.2) is 40.7 Å². The number of fused-ring (bicyclic) bond motifs is 3. The molecule has 0 radical (unpaired) electrons. The monoisotopic (exact) mass is 378 g/mol. The number of carbonyl (C=O) groups excluding carboxylic acids is 1. The standard InChI is InChI=1S/C23H30N4O/c1-14(2)27-20-9-7-6-8-18(20)22-17(5)19(10-11-21(22)27)25-23(28)26-12-15(3)24-16(4)13-26/h6-11,14-16,24H,12-13H2,1-5H3,(H,25,28). The number of urea groups is 1. The van der Waals surface area contributed by atoms with Crippen LogP contribution in [0.4, 0.5) is 10.5 Å². The Kier molecular flexibility index (Phi) is 4.79. The van der Waals surface area contributed by atoms with E-state index < -0.39 is 0 Å². The average Bonchev–Trinajstić information content (AvgIpc) is 2.98. The summed E-state index contributed by atoms with van der Waals surface area (Å²) < 4.78 is 2.38. The van der Waals surface area contributed by atoms with Gasteiger partial charge in [0.15, 0.2) is 0 Å². The third kappa shape index (κ3) is 3.14. The minimum atomic E-state index is -0.0183. The largest absolute Gasteiger partial charge is 0.338 e. The average molecular weight is 379 g/mol. The van der Waals surface area contributed by atoms with Crippen molar-refractivity contribution in [3.8, 4) is 0 Å². The smallest absolute Gasteiger partial charge is 0.321 e. The molecule has 1 aliphatic heterocycles. The van der Waals surface area contributed by atoms with Crippen molar-refractivity contribution in [2.24, 2.45) is 0 Å². The highest BCUT2D eigenvalue weighted by molar-refractivity contribution is 6.12. The minimum absolute atomic E-state index is 0.0183. The van der Waals surface area contributed by atoms with Crippen LogP contribution in [0.3, 0.4) is 0 Å². The zero-order chi connectivity index (χ0) is 20.0. The van der Waals surface area contributed by atoms with Gasteiger partial charge < -0.3 is 20.1 Å². The van der Waals surface area contributed by atoms with E-state index >= 15 is 0 Å². The van der Waals surface area contributed by atoms with Crippen molar-refractivity contribution in [1.29, 1.82) is 0 Å². The molecule has 0 aliphatic carbocycles. The Morgan fingerprint density at radius 1 is 1.07 bits per heavy atom. The first kappa shape index (κ1) is 18.8. The maximum atomic E-state index is 12.9. The second kappa shape index (κ2) is 7.13. The SMILES string of the molecule is Cc1c(NC(=O)N2CC(C)NC(C)C2)ccc2c1c1ccccc1n2C(C)C. The molecule has 1 aliphatic rings. The van der Waals surface area contributed by atoms with Gasteiger partial charge in [0.05, 0.1) is 0 Å². The molecular formula is C23H30N4O. The van der Waals surface area contributed by atoms with Gasteiger partial charge in [-0.3, -0.25) is 0 Å². The molecule has 0 bridgehead atoms. The van der Waals surface area contributed by atoms with Crippen LogP contribution in [0.1, 0.15) is 39.3 Å². The van der Waals surface area contributed by atoms with E-state index in [1.165, 1.54) is 21.8 Å². The Morgan fingerprint density at radius 3 is 2.43 bits per heavy atom. The van der Waals surface area contributed by atoms with E-state index in [9.17, 15) is 4.79 Å². The number of rotatable bonds is 2. The molecule has 0 spiro atoms. The molecule has 3 aromatic rings. The fraction of sp³-hybridized carbons (Fsp3) is 0.435. The normalized spacial score (nSPS) is 20.3. The Morgan fingerprint density at radius 2 is 1.75 bits per heavy atom. The molecule has 1 fully saturated rings. The Hall–Kier alpha value is -2.53. The molecule has 4 rings (SSSR count). The van der Waals surface area contributed by atoms with Crippen molar-refractivity contribution in [3.05, 3.63) is 42.0 Å². The number of para-hydroxylation sites is 1. The number of carbonyl (C=O) groups is 1. The van der Waals surface area contributed by atoms with Gasteiger partial charge in [0.25, 0.3) is 0 Å². The van der Waals surface area contributed by atoms with Crippen LogP contribution in [-0.2, 0) is 0 Å². The van der Waals surface area contributed by atoms with Crippen LogP contribution in [0.2, 0.25) is 0 Å². The molecule has 1 saturated heterocycles. The predicted octanol–water partition coefficient (Wildman–Crippen LogP) is 4.90. The molecule has 2 amide bonds. The Bertz CT molecular complexity index is 1030. The molecule has 5 heteroatoms. The van der Waals surface area contributed by atoms with Gasteiger partial charge in [-0.1, -0.05) is 18.2 Å². The summed E-state index contributed by atoms with van der Waals surface area (Å²) in [5.41, 5.74) is 4.47. The maximum Gasteiger partial charge on any atom is 0.321 e. The van der Waals surface area contributed by atoms with Gasteiger partial charge in [0.1, 0.15) is 0 Å².